The molecule has 0 bridgehead atoms. The minimum atomic E-state index is -4.77. The van der Waals surface area contributed by atoms with Gasteiger partial charge in [-0.2, -0.15) is 18.4 Å². The predicted octanol–water partition coefficient (Wildman–Crippen LogP) is 3.82. The smallest absolute Gasteiger partial charge is 0.390 e. The number of nitriles is 1. The minimum Gasteiger partial charge on any atom is -0.390 e. The van der Waals surface area contributed by atoms with Crippen molar-refractivity contribution < 1.29 is 17.6 Å². The first-order valence-corrected chi connectivity index (χ1v) is 8.77. The third-order valence-electron chi connectivity index (χ3n) is 2.20. The summed E-state index contributed by atoms with van der Waals surface area (Å²) in [6.45, 7) is 4.86. The van der Waals surface area contributed by atoms with E-state index in [0.717, 1.165) is 0 Å². The van der Waals surface area contributed by atoms with Crippen molar-refractivity contribution >= 4 is 8.32 Å². The molecule has 0 spiro atoms. The van der Waals surface area contributed by atoms with Gasteiger partial charge >= 0.3 is 6.18 Å². The van der Waals surface area contributed by atoms with Crippen LogP contribution < -0.4 is 0 Å². The molecule has 1 aromatic carbocycles. The van der Waals surface area contributed by atoms with E-state index in [1.807, 2.05) is 0 Å². The van der Waals surface area contributed by atoms with Crippen molar-refractivity contribution in [1.29, 1.82) is 5.26 Å². The van der Waals surface area contributed by atoms with Crippen molar-refractivity contribution in [3.05, 3.63) is 35.9 Å². The largest absolute Gasteiger partial charge is 0.434 e. The molecule has 0 aromatic heterocycles. The number of alkyl halides is 3. The van der Waals surface area contributed by atoms with Gasteiger partial charge in [0.2, 0.25) is 0 Å². The Bertz CT molecular complexity index is 447. The van der Waals surface area contributed by atoms with E-state index in [-0.39, 0.29) is 5.56 Å². The molecule has 0 aliphatic heterocycles. The van der Waals surface area contributed by atoms with Crippen LogP contribution in [0.15, 0.2) is 30.3 Å². The summed E-state index contributed by atoms with van der Waals surface area (Å²) in [5.74, 6) is 0. The molecule has 0 amide bonds. The summed E-state index contributed by atoms with van der Waals surface area (Å²) in [5, 5.41) is 9.06. The molecule has 0 fully saturated rings. The quantitative estimate of drug-likeness (QED) is 0.784. The molecule has 0 aliphatic carbocycles. The zero-order valence-corrected chi connectivity index (χ0v) is 11.4. The van der Waals surface area contributed by atoms with Crippen LogP contribution in [0.25, 0.3) is 0 Å². The fraction of sp³-hybridized carbons (Fsp3) is 0.417. The van der Waals surface area contributed by atoms with Gasteiger partial charge in [0.1, 0.15) is 6.07 Å². The van der Waals surface area contributed by atoms with Gasteiger partial charge in [0.15, 0.2) is 8.32 Å². The van der Waals surface area contributed by atoms with Crippen molar-refractivity contribution in [2.75, 3.05) is 0 Å². The summed E-state index contributed by atoms with van der Waals surface area (Å²) in [4.78, 5) is 0. The van der Waals surface area contributed by atoms with Gasteiger partial charge in [0.05, 0.1) is 0 Å². The van der Waals surface area contributed by atoms with Crippen molar-refractivity contribution in [3.63, 3.8) is 0 Å². The van der Waals surface area contributed by atoms with Gasteiger partial charge in [-0.3, -0.25) is 0 Å². The van der Waals surface area contributed by atoms with Crippen LogP contribution in [0.1, 0.15) is 5.56 Å². The average molecular weight is 273 g/mol. The number of benzene rings is 1. The topological polar surface area (TPSA) is 33.0 Å². The average Bonchev–Trinajstić information content (AvgIpc) is 2.24. The first-order valence-electron chi connectivity index (χ1n) is 5.36. The van der Waals surface area contributed by atoms with Crippen molar-refractivity contribution in [2.24, 2.45) is 0 Å². The molecule has 0 heterocycles. The standard InChI is InChI=1S/C12H14F3NOSi/c1-18(2,3)17-11(9-16,12(13,14)15)10-7-5-4-6-8-10/h4-8H,1-3H3. The first kappa shape index (κ1) is 14.7. The van der Waals surface area contributed by atoms with E-state index in [0.29, 0.717) is 0 Å². The molecule has 1 rings (SSSR count). The second-order valence-corrected chi connectivity index (χ2v) is 9.30. The van der Waals surface area contributed by atoms with Gasteiger partial charge in [-0.1, -0.05) is 30.3 Å². The van der Waals surface area contributed by atoms with Crippen LogP contribution in [0.2, 0.25) is 19.6 Å². The van der Waals surface area contributed by atoms with E-state index >= 15 is 0 Å². The normalized spacial score (nSPS) is 15.8. The Balaban J connectivity index is 3.39. The zero-order valence-electron chi connectivity index (χ0n) is 10.4. The summed E-state index contributed by atoms with van der Waals surface area (Å²) >= 11 is 0. The molecular weight excluding hydrogens is 259 g/mol. The zero-order chi connectivity index (χ0) is 14.0. The summed E-state index contributed by atoms with van der Waals surface area (Å²) in [7, 11) is -2.55. The number of hydrogen-bond acceptors (Lipinski definition) is 2. The Kier molecular flexibility index (Phi) is 3.88. The molecule has 1 aromatic rings. The highest BCUT2D eigenvalue weighted by Gasteiger charge is 2.59. The molecule has 0 N–H and O–H groups in total. The maximum absolute atomic E-state index is 13.3. The molecule has 0 aliphatic rings. The highest BCUT2D eigenvalue weighted by molar-refractivity contribution is 6.69. The van der Waals surface area contributed by atoms with Crippen LogP contribution in [0.5, 0.6) is 0 Å². The van der Waals surface area contributed by atoms with Crippen molar-refractivity contribution in [3.8, 4) is 6.07 Å². The van der Waals surface area contributed by atoms with E-state index in [2.05, 4.69) is 0 Å². The molecule has 6 heteroatoms. The lowest BCUT2D eigenvalue weighted by atomic mass is 9.95. The second-order valence-electron chi connectivity index (χ2n) is 4.87. The monoisotopic (exact) mass is 273 g/mol. The summed E-state index contributed by atoms with van der Waals surface area (Å²) in [6, 6.07) is 8.35. The molecule has 98 valence electrons. The summed E-state index contributed by atoms with van der Waals surface area (Å²) < 4.78 is 45.0. The van der Waals surface area contributed by atoms with E-state index < -0.39 is 20.1 Å². The third kappa shape index (κ3) is 2.92. The molecule has 0 saturated carbocycles. The molecule has 2 nitrogen and oxygen atoms in total. The number of hydrogen-bond donors (Lipinski definition) is 0. The Morgan fingerprint density at radius 2 is 1.61 bits per heavy atom. The van der Waals surface area contributed by atoms with Crippen molar-refractivity contribution in [1.82, 2.24) is 0 Å². The summed E-state index contributed by atoms with van der Waals surface area (Å²) in [5.41, 5.74) is -3.05. The maximum atomic E-state index is 13.3. The highest BCUT2D eigenvalue weighted by Crippen LogP contribution is 2.43. The van der Waals surface area contributed by atoms with Gasteiger partial charge < -0.3 is 4.43 Å². The Morgan fingerprint density at radius 3 is 1.94 bits per heavy atom. The van der Waals surface area contributed by atoms with E-state index in [1.165, 1.54) is 30.3 Å². The Morgan fingerprint density at radius 1 is 1.11 bits per heavy atom. The number of rotatable bonds is 3. The van der Waals surface area contributed by atoms with Gasteiger partial charge in [-0.05, 0) is 19.6 Å². The second kappa shape index (κ2) is 4.75. The van der Waals surface area contributed by atoms with Crippen LogP contribution in [-0.2, 0) is 10.0 Å². The Hall–Kier alpha value is -1.32. The lowest BCUT2D eigenvalue weighted by Crippen LogP contribution is -2.49. The maximum Gasteiger partial charge on any atom is 0.434 e. The van der Waals surface area contributed by atoms with E-state index in [4.69, 9.17) is 9.69 Å². The SMILES string of the molecule is C[Si](C)(C)OC(C#N)(c1ccccc1)C(F)(F)F. The number of nitrogens with zero attached hydrogens (tertiary/aromatic N) is 1. The van der Waals surface area contributed by atoms with Crippen LogP contribution in [-0.4, -0.2) is 14.5 Å². The van der Waals surface area contributed by atoms with Gasteiger partial charge in [0, 0.05) is 5.56 Å². The third-order valence-corrected chi connectivity index (χ3v) is 3.11. The fourth-order valence-corrected chi connectivity index (χ4v) is 2.76. The van der Waals surface area contributed by atoms with E-state index in [9.17, 15) is 13.2 Å². The summed E-state index contributed by atoms with van der Waals surface area (Å²) in [6.07, 6.45) is -4.77. The Labute approximate surface area is 105 Å². The predicted molar refractivity (Wildman–Crippen MR) is 64.2 cm³/mol. The van der Waals surface area contributed by atoms with Crippen LogP contribution in [0.4, 0.5) is 13.2 Å². The minimum absolute atomic E-state index is 0.178. The molecule has 1 atom stereocenters. The fourth-order valence-electron chi connectivity index (χ4n) is 1.56. The van der Waals surface area contributed by atoms with Gasteiger partial charge in [-0.25, -0.2) is 0 Å². The number of halogens is 3. The van der Waals surface area contributed by atoms with Crippen LogP contribution in [0, 0.1) is 11.3 Å². The molecule has 18 heavy (non-hydrogen) atoms. The van der Waals surface area contributed by atoms with Crippen LogP contribution >= 0.6 is 0 Å². The lowest BCUT2D eigenvalue weighted by molar-refractivity contribution is -0.234. The lowest BCUT2D eigenvalue weighted by Gasteiger charge is -2.35. The molecular formula is C12H14F3NOSi. The molecule has 0 saturated heterocycles. The van der Waals surface area contributed by atoms with Crippen LogP contribution in [0.3, 0.4) is 0 Å². The van der Waals surface area contributed by atoms with Gasteiger partial charge in [0.25, 0.3) is 5.60 Å². The highest BCUT2D eigenvalue weighted by atomic mass is 28.4. The first-order chi connectivity index (χ1) is 8.12. The van der Waals surface area contributed by atoms with Crippen molar-refractivity contribution in [2.45, 2.75) is 31.4 Å². The molecule has 0 radical (unpaired) electrons. The molecule has 1 unspecified atom stereocenters. The van der Waals surface area contributed by atoms with Gasteiger partial charge in [-0.15, -0.1) is 0 Å². The van der Waals surface area contributed by atoms with E-state index in [1.54, 1.807) is 25.7 Å².